The van der Waals surface area contributed by atoms with Gasteiger partial charge in [0.25, 0.3) is 0 Å². The molecule has 2 aromatic rings. The fraction of sp³-hybridized carbons (Fsp3) is 0.100. The zero-order valence-corrected chi connectivity index (χ0v) is 10.2. The molecule has 0 fully saturated rings. The molecule has 0 aliphatic rings. The molecule has 0 aliphatic carbocycles. The first-order valence-electron chi connectivity index (χ1n) is 4.70. The van der Waals surface area contributed by atoms with Gasteiger partial charge in [0.15, 0.2) is 0 Å². The minimum atomic E-state index is -3.65. The topological polar surface area (TPSA) is 72.2 Å². The van der Waals surface area contributed by atoms with Gasteiger partial charge in [0.1, 0.15) is 4.90 Å². The lowest BCUT2D eigenvalue weighted by Crippen LogP contribution is -2.23. The van der Waals surface area contributed by atoms with Crippen molar-refractivity contribution in [2.24, 2.45) is 0 Å². The van der Waals surface area contributed by atoms with Crippen LogP contribution in [0.5, 0.6) is 0 Å². The van der Waals surface area contributed by atoms with Crippen LogP contribution in [0.3, 0.4) is 0 Å². The molecule has 7 heteroatoms. The average molecular weight is 273 g/mol. The third-order valence-electron chi connectivity index (χ3n) is 2.07. The summed E-state index contributed by atoms with van der Waals surface area (Å²) in [6.07, 6.45) is 5.57. The summed E-state index contributed by atoms with van der Waals surface area (Å²) in [4.78, 5) is 3.70. The molecule has 0 amide bonds. The van der Waals surface area contributed by atoms with E-state index in [1.54, 1.807) is 6.07 Å². The Balaban J connectivity index is 2.17. The van der Waals surface area contributed by atoms with E-state index in [-0.39, 0.29) is 16.5 Å². The van der Waals surface area contributed by atoms with Gasteiger partial charge in [0.05, 0.1) is 17.5 Å². The molecular weight excluding hydrogens is 264 g/mol. The van der Waals surface area contributed by atoms with Crippen LogP contribution < -0.4 is 4.72 Å². The van der Waals surface area contributed by atoms with Gasteiger partial charge < -0.3 is 4.42 Å². The fourth-order valence-electron chi connectivity index (χ4n) is 1.21. The average Bonchev–Trinajstić information content (AvgIpc) is 2.80. The summed E-state index contributed by atoms with van der Waals surface area (Å²) in [6.45, 7) is 0.143. The first kappa shape index (κ1) is 12.1. The highest BCUT2D eigenvalue weighted by Gasteiger charge is 2.17. The lowest BCUT2D eigenvalue weighted by atomic mass is 10.4. The van der Waals surface area contributed by atoms with E-state index in [0.29, 0.717) is 0 Å². The van der Waals surface area contributed by atoms with Crippen LogP contribution in [-0.4, -0.2) is 13.4 Å². The summed E-state index contributed by atoms with van der Waals surface area (Å²) >= 11 is 5.79. The van der Waals surface area contributed by atoms with E-state index in [2.05, 4.69) is 9.71 Å². The minimum absolute atomic E-state index is 0.0369. The maximum absolute atomic E-state index is 11.9. The van der Waals surface area contributed by atoms with Crippen LogP contribution in [0.2, 0.25) is 5.02 Å². The number of rotatable bonds is 4. The van der Waals surface area contributed by atoms with E-state index < -0.39 is 10.0 Å². The van der Waals surface area contributed by atoms with E-state index in [9.17, 15) is 8.42 Å². The number of pyridine rings is 1. The Morgan fingerprint density at radius 2 is 2.24 bits per heavy atom. The standard InChI is InChI=1S/C10H9ClN2O3S/c11-9-1-3-12-6-10(9)17(14,15)13-5-8-2-4-16-7-8/h1-4,6-7,13H,5H2. The second-order valence-corrected chi connectivity index (χ2v) is 5.40. The van der Waals surface area contributed by atoms with Crippen molar-refractivity contribution in [3.8, 4) is 0 Å². The molecule has 2 heterocycles. The first-order valence-corrected chi connectivity index (χ1v) is 6.56. The molecule has 2 aromatic heterocycles. The molecule has 0 radical (unpaired) electrons. The smallest absolute Gasteiger partial charge is 0.243 e. The molecule has 1 N–H and O–H groups in total. The quantitative estimate of drug-likeness (QED) is 0.921. The van der Waals surface area contributed by atoms with Crippen molar-refractivity contribution in [3.05, 3.63) is 47.6 Å². The van der Waals surface area contributed by atoms with Gasteiger partial charge in [-0.25, -0.2) is 13.1 Å². The van der Waals surface area contributed by atoms with Crippen LogP contribution in [0, 0.1) is 0 Å². The Bertz CT molecular complexity index is 596. The van der Waals surface area contributed by atoms with Gasteiger partial charge in [-0.2, -0.15) is 0 Å². The number of hydrogen-bond donors (Lipinski definition) is 1. The Kier molecular flexibility index (Phi) is 3.46. The summed E-state index contributed by atoms with van der Waals surface area (Å²) in [5, 5.41) is 0.139. The molecule has 90 valence electrons. The maximum atomic E-state index is 11.9. The molecule has 0 aromatic carbocycles. The van der Waals surface area contributed by atoms with Gasteiger partial charge in [-0.3, -0.25) is 4.98 Å². The Morgan fingerprint density at radius 3 is 2.88 bits per heavy atom. The van der Waals surface area contributed by atoms with Crippen molar-refractivity contribution in [1.82, 2.24) is 9.71 Å². The summed E-state index contributed by atoms with van der Waals surface area (Å²) < 4.78 is 31.0. The second-order valence-electron chi connectivity index (χ2n) is 3.26. The lowest BCUT2D eigenvalue weighted by Gasteiger charge is -2.06. The number of hydrogen-bond acceptors (Lipinski definition) is 4. The highest BCUT2D eigenvalue weighted by molar-refractivity contribution is 7.89. The monoisotopic (exact) mass is 272 g/mol. The molecule has 0 saturated carbocycles. The number of nitrogens with one attached hydrogen (secondary N) is 1. The number of aromatic nitrogens is 1. The molecule has 0 spiro atoms. The second kappa shape index (κ2) is 4.87. The van der Waals surface area contributed by atoms with Gasteiger partial charge in [-0.15, -0.1) is 0 Å². The lowest BCUT2D eigenvalue weighted by molar-refractivity contribution is 0.561. The van der Waals surface area contributed by atoms with Gasteiger partial charge in [-0.1, -0.05) is 11.6 Å². The zero-order valence-electron chi connectivity index (χ0n) is 8.63. The molecule has 0 bridgehead atoms. The first-order chi connectivity index (χ1) is 8.09. The van der Waals surface area contributed by atoms with E-state index in [0.717, 1.165) is 5.56 Å². The van der Waals surface area contributed by atoms with Gasteiger partial charge in [-0.05, 0) is 12.1 Å². The van der Waals surface area contributed by atoms with Gasteiger partial charge in [0, 0.05) is 24.5 Å². The predicted molar refractivity (Wildman–Crippen MR) is 62.0 cm³/mol. The molecular formula is C10H9ClN2O3S. The van der Waals surface area contributed by atoms with E-state index in [4.69, 9.17) is 16.0 Å². The van der Waals surface area contributed by atoms with Gasteiger partial charge in [0.2, 0.25) is 10.0 Å². The largest absolute Gasteiger partial charge is 0.472 e. The normalized spacial score (nSPS) is 11.6. The Labute approximate surface area is 103 Å². The van der Waals surface area contributed by atoms with Crippen LogP contribution in [0.4, 0.5) is 0 Å². The summed E-state index contributed by atoms with van der Waals surface area (Å²) in [5.74, 6) is 0. The Hall–Kier alpha value is -1.37. The third-order valence-corrected chi connectivity index (χ3v) is 3.94. The van der Waals surface area contributed by atoms with E-state index in [1.165, 1.54) is 31.0 Å². The zero-order chi connectivity index (χ0) is 12.3. The third kappa shape index (κ3) is 2.85. The van der Waals surface area contributed by atoms with Crippen LogP contribution in [0.1, 0.15) is 5.56 Å². The SMILES string of the molecule is O=S(=O)(NCc1ccoc1)c1cnccc1Cl. The van der Waals surface area contributed by atoms with E-state index in [1.807, 2.05) is 0 Å². The number of furan rings is 1. The molecule has 2 rings (SSSR count). The molecule has 0 unspecified atom stereocenters. The van der Waals surface area contributed by atoms with Crippen LogP contribution in [0.25, 0.3) is 0 Å². The highest BCUT2D eigenvalue weighted by Crippen LogP contribution is 2.19. The summed E-state index contributed by atoms with van der Waals surface area (Å²) in [6, 6.07) is 3.10. The molecule has 17 heavy (non-hydrogen) atoms. The molecule has 0 saturated heterocycles. The fourth-order valence-corrected chi connectivity index (χ4v) is 2.66. The Morgan fingerprint density at radius 1 is 1.41 bits per heavy atom. The highest BCUT2D eigenvalue weighted by atomic mass is 35.5. The number of nitrogens with zero attached hydrogens (tertiary/aromatic N) is 1. The molecule has 0 aliphatic heterocycles. The van der Waals surface area contributed by atoms with Crippen molar-refractivity contribution in [2.45, 2.75) is 11.4 Å². The van der Waals surface area contributed by atoms with Crippen molar-refractivity contribution >= 4 is 21.6 Å². The van der Waals surface area contributed by atoms with Gasteiger partial charge >= 0.3 is 0 Å². The van der Waals surface area contributed by atoms with Crippen LogP contribution in [-0.2, 0) is 16.6 Å². The molecule has 5 nitrogen and oxygen atoms in total. The number of sulfonamides is 1. The van der Waals surface area contributed by atoms with Crippen molar-refractivity contribution < 1.29 is 12.8 Å². The van der Waals surface area contributed by atoms with Crippen molar-refractivity contribution in [1.29, 1.82) is 0 Å². The van der Waals surface area contributed by atoms with E-state index >= 15 is 0 Å². The van der Waals surface area contributed by atoms with Crippen LogP contribution in [0.15, 0.2) is 46.4 Å². The summed E-state index contributed by atoms with van der Waals surface area (Å²) in [7, 11) is -3.65. The van der Waals surface area contributed by atoms with Crippen molar-refractivity contribution in [3.63, 3.8) is 0 Å². The van der Waals surface area contributed by atoms with Crippen molar-refractivity contribution in [2.75, 3.05) is 0 Å². The maximum Gasteiger partial charge on any atom is 0.243 e. The minimum Gasteiger partial charge on any atom is -0.472 e. The summed E-state index contributed by atoms with van der Waals surface area (Å²) in [5.41, 5.74) is 0.730. The number of halogens is 1. The molecule has 0 atom stereocenters. The predicted octanol–water partition coefficient (Wildman–Crippen LogP) is 1.81. The van der Waals surface area contributed by atoms with Crippen LogP contribution >= 0.6 is 11.6 Å².